The maximum absolute atomic E-state index is 12.5. The third-order valence-electron chi connectivity index (χ3n) is 5.18. The fraction of sp³-hybridized carbons (Fsp3) is 0.476. The third-order valence-corrected chi connectivity index (χ3v) is 6.53. The highest BCUT2D eigenvalue weighted by molar-refractivity contribution is 7.90. The Bertz CT molecular complexity index is 1010. The molecule has 2 aromatic rings. The predicted molar refractivity (Wildman–Crippen MR) is 117 cm³/mol. The van der Waals surface area contributed by atoms with Crippen LogP contribution in [-0.2, 0) is 16.4 Å². The first kappa shape index (κ1) is 23.7. The topological polar surface area (TPSA) is 134 Å². The van der Waals surface area contributed by atoms with Gasteiger partial charge in [0.25, 0.3) is 15.9 Å². The van der Waals surface area contributed by atoms with E-state index in [0.717, 1.165) is 31.5 Å². The Kier molecular flexibility index (Phi) is 8.23. The standard InChI is InChI=1S/C21H29N5O5S/c1-16-14-19(24-31-16)20(27)22-11-10-17-6-8-18(9-7-17)32(29,30)25-21(28)23-15-26-12-4-2-3-5-13-26/h6-9,14H,2-5,10-13,15H2,1H3,(H,22,27)(H2,23,25,28). The van der Waals surface area contributed by atoms with Crippen LogP contribution in [0.3, 0.4) is 0 Å². The van der Waals surface area contributed by atoms with Crippen molar-refractivity contribution in [2.45, 2.75) is 43.9 Å². The summed E-state index contributed by atoms with van der Waals surface area (Å²) in [5.74, 6) is 0.215. The van der Waals surface area contributed by atoms with Gasteiger partial charge in [-0.1, -0.05) is 30.1 Å². The number of rotatable bonds is 8. The van der Waals surface area contributed by atoms with Crippen LogP contribution in [0, 0.1) is 6.92 Å². The van der Waals surface area contributed by atoms with E-state index in [1.807, 2.05) is 4.72 Å². The van der Waals surface area contributed by atoms with Crippen molar-refractivity contribution in [2.75, 3.05) is 26.3 Å². The summed E-state index contributed by atoms with van der Waals surface area (Å²) in [5.41, 5.74) is 1.05. The van der Waals surface area contributed by atoms with Crippen molar-refractivity contribution in [3.8, 4) is 0 Å². The molecular weight excluding hydrogens is 434 g/mol. The zero-order valence-electron chi connectivity index (χ0n) is 18.1. The van der Waals surface area contributed by atoms with Gasteiger partial charge in [0.2, 0.25) is 0 Å². The number of aromatic nitrogens is 1. The van der Waals surface area contributed by atoms with Crippen molar-refractivity contribution in [3.63, 3.8) is 0 Å². The zero-order chi connectivity index (χ0) is 23.0. The highest BCUT2D eigenvalue weighted by atomic mass is 32.2. The van der Waals surface area contributed by atoms with Gasteiger partial charge >= 0.3 is 6.03 Å². The van der Waals surface area contributed by atoms with E-state index in [2.05, 4.69) is 20.7 Å². The average molecular weight is 464 g/mol. The minimum Gasteiger partial charge on any atom is -0.361 e. The van der Waals surface area contributed by atoms with Crippen LogP contribution in [-0.4, -0.2) is 56.7 Å². The summed E-state index contributed by atoms with van der Waals surface area (Å²) in [6.45, 7) is 4.17. The van der Waals surface area contributed by atoms with Crippen molar-refractivity contribution in [1.29, 1.82) is 0 Å². The van der Waals surface area contributed by atoms with Gasteiger partial charge in [-0.15, -0.1) is 0 Å². The number of nitrogens with zero attached hydrogens (tertiary/aromatic N) is 2. The molecule has 0 bridgehead atoms. The Balaban J connectivity index is 1.45. The van der Waals surface area contributed by atoms with E-state index in [0.29, 0.717) is 25.4 Å². The fourth-order valence-corrected chi connectivity index (χ4v) is 4.34. The van der Waals surface area contributed by atoms with Crippen molar-refractivity contribution in [1.82, 2.24) is 25.4 Å². The first-order valence-electron chi connectivity index (χ1n) is 10.7. The number of aryl methyl sites for hydroxylation is 1. The smallest absolute Gasteiger partial charge is 0.329 e. The van der Waals surface area contributed by atoms with Crippen LogP contribution in [0.25, 0.3) is 0 Å². The van der Waals surface area contributed by atoms with Gasteiger partial charge in [-0.05, 0) is 57.0 Å². The lowest BCUT2D eigenvalue weighted by Gasteiger charge is -2.20. The molecule has 0 spiro atoms. The Morgan fingerprint density at radius 3 is 2.38 bits per heavy atom. The van der Waals surface area contributed by atoms with Crippen LogP contribution in [0.5, 0.6) is 0 Å². The second kappa shape index (κ2) is 11.1. The minimum atomic E-state index is -3.97. The number of carbonyl (C=O) groups is 2. The number of urea groups is 1. The van der Waals surface area contributed by atoms with Crippen molar-refractivity contribution < 1.29 is 22.5 Å². The number of carbonyl (C=O) groups excluding carboxylic acids is 2. The molecule has 1 aliphatic heterocycles. The lowest BCUT2D eigenvalue weighted by Crippen LogP contribution is -2.45. The molecule has 1 aromatic carbocycles. The summed E-state index contributed by atoms with van der Waals surface area (Å²) in [4.78, 5) is 26.1. The Morgan fingerprint density at radius 1 is 1.06 bits per heavy atom. The molecule has 0 unspecified atom stereocenters. The second-order valence-corrected chi connectivity index (χ2v) is 9.46. The second-order valence-electron chi connectivity index (χ2n) is 7.77. The molecule has 3 amide bonds. The lowest BCUT2D eigenvalue weighted by molar-refractivity contribution is 0.0945. The van der Waals surface area contributed by atoms with Crippen LogP contribution in [0.2, 0.25) is 0 Å². The van der Waals surface area contributed by atoms with Gasteiger partial charge in [-0.3, -0.25) is 9.69 Å². The van der Waals surface area contributed by atoms with Crippen molar-refractivity contribution >= 4 is 22.0 Å². The van der Waals surface area contributed by atoms with E-state index in [1.54, 1.807) is 25.1 Å². The van der Waals surface area contributed by atoms with Crippen molar-refractivity contribution in [3.05, 3.63) is 47.3 Å². The molecule has 1 aromatic heterocycles. The van der Waals surface area contributed by atoms with Crippen LogP contribution >= 0.6 is 0 Å². The summed E-state index contributed by atoms with van der Waals surface area (Å²) >= 11 is 0. The summed E-state index contributed by atoms with van der Waals surface area (Å²) in [6, 6.07) is 6.97. The first-order valence-corrected chi connectivity index (χ1v) is 12.2. The van der Waals surface area contributed by atoms with Crippen LogP contribution in [0.4, 0.5) is 4.79 Å². The molecule has 1 saturated heterocycles. The van der Waals surface area contributed by atoms with Gasteiger partial charge in [0, 0.05) is 12.6 Å². The monoisotopic (exact) mass is 463 g/mol. The molecule has 0 aliphatic carbocycles. The van der Waals surface area contributed by atoms with Crippen LogP contribution < -0.4 is 15.4 Å². The maximum Gasteiger partial charge on any atom is 0.329 e. The third kappa shape index (κ3) is 7.06. The van der Waals surface area contributed by atoms with Crippen LogP contribution in [0.15, 0.2) is 39.8 Å². The van der Waals surface area contributed by atoms with Gasteiger partial charge in [-0.2, -0.15) is 0 Å². The summed E-state index contributed by atoms with van der Waals surface area (Å²) in [6.07, 6.45) is 5.03. The average Bonchev–Trinajstić information content (AvgIpc) is 3.03. The van der Waals surface area contributed by atoms with E-state index >= 15 is 0 Å². The molecule has 1 aliphatic rings. The molecule has 2 heterocycles. The normalized spacial score (nSPS) is 15.0. The molecule has 3 rings (SSSR count). The summed E-state index contributed by atoms with van der Waals surface area (Å²) in [7, 11) is -3.97. The zero-order valence-corrected chi connectivity index (χ0v) is 18.9. The van der Waals surface area contributed by atoms with Gasteiger partial charge in [0.05, 0.1) is 11.6 Å². The van der Waals surface area contributed by atoms with Crippen molar-refractivity contribution in [2.24, 2.45) is 0 Å². The number of sulfonamides is 1. The Morgan fingerprint density at radius 2 is 1.75 bits per heavy atom. The summed E-state index contributed by atoms with van der Waals surface area (Å²) < 4.78 is 31.8. The highest BCUT2D eigenvalue weighted by Crippen LogP contribution is 2.11. The molecule has 0 saturated carbocycles. The molecule has 10 nitrogen and oxygen atoms in total. The molecule has 0 atom stereocenters. The first-order chi connectivity index (χ1) is 15.3. The molecule has 174 valence electrons. The molecular formula is C21H29N5O5S. The number of benzene rings is 1. The number of nitrogens with one attached hydrogen (secondary N) is 3. The lowest BCUT2D eigenvalue weighted by atomic mass is 10.1. The van der Waals surface area contributed by atoms with E-state index < -0.39 is 16.1 Å². The number of amides is 3. The Hall–Kier alpha value is -2.92. The molecule has 11 heteroatoms. The van der Waals surface area contributed by atoms with E-state index in [4.69, 9.17) is 4.52 Å². The predicted octanol–water partition coefficient (Wildman–Crippen LogP) is 1.78. The SMILES string of the molecule is Cc1cc(C(=O)NCCc2ccc(S(=O)(=O)NC(=O)NCN3CCCCCC3)cc2)no1. The molecule has 3 N–H and O–H groups in total. The largest absolute Gasteiger partial charge is 0.361 e. The number of likely N-dealkylation sites (tertiary alicyclic amines) is 1. The number of hydrogen-bond acceptors (Lipinski definition) is 7. The van der Waals surface area contributed by atoms with E-state index in [9.17, 15) is 18.0 Å². The molecule has 1 fully saturated rings. The van der Waals surface area contributed by atoms with Gasteiger partial charge in [-0.25, -0.2) is 17.9 Å². The molecule has 32 heavy (non-hydrogen) atoms. The van der Waals surface area contributed by atoms with E-state index in [1.165, 1.54) is 25.0 Å². The minimum absolute atomic E-state index is 0.00622. The number of hydrogen-bond donors (Lipinski definition) is 3. The molecule has 0 radical (unpaired) electrons. The van der Waals surface area contributed by atoms with Gasteiger partial charge in [0.15, 0.2) is 5.69 Å². The van der Waals surface area contributed by atoms with Crippen LogP contribution in [0.1, 0.15) is 47.5 Å². The fourth-order valence-electron chi connectivity index (χ4n) is 3.41. The quantitative estimate of drug-likeness (QED) is 0.543. The highest BCUT2D eigenvalue weighted by Gasteiger charge is 2.18. The maximum atomic E-state index is 12.5. The Labute approximate surface area is 187 Å². The van der Waals surface area contributed by atoms with Gasteiger partial charge in [0.1, 0.15) is 5.76 Å². The van der Waals surface area contributed by atoms with E-state index in [-0.39, 0.29) is 16.5 Å². The summed E-state index contributed by atoms with van der Waals surface area (Å²) in [5, 5.41) is 8.99. The van der Waals surface area contributed by atoms with Gasteiger partial charge < -0.3 is 15.2 Å².